The average Bonchev–Trinajstić information content (AvgIpc) is 2.89. The number of aromatic amines is 2. The molecule has 0 atom stereocenters. The lowest BCUT2D eigenvalue weighted by atomic mass is 10.2. The molecule has 0 radical (unpaired) electrons. The molecule has 1 aromatic carbocycles. The summed E-state index contributed by atoms with van der Waals surface area (Å²) in [7, 11) is 0. The van der Waals surface area contributed by atoms with E-state index in [0.29, 0.717) is 21.8 Å². The number of benzene rings is 1. The van der Waals surface area contributed by atoms with Gasteiger partial charge in [0.25, 0.3) is 0 Å². The maximum absolute atomic E-state index is 12.8. The number of hydrazone groups is 1. The van der Waals surface area contributed by atoms with Crippen molar-refractivity contribution in [2.45, 2.75) is 0 Å². The molecule has 3 aromatic rings. The van der Waals surface area contributed by atoms with E-state index in [1.54, 1.807) is 18.3 Å². The van der Waals surface area contributed by atoms with E-state index in [1.165, 1.54) is 18.5 Å². The Balaban J connectivity index is 1.84. The number of H-pyrrole nitrogens is 2. The third kappa shape index (κ3) is 2.54. The van der Waals surface area contributed by atoms with E-state index in [2.05, 4.69) is 30.5 Å². The Morgan fingerprint density at radius 2 is 2.10 bits per heavy atom. The fraction of sp³-hybridized carbons (Fsp3) is 0. The first kappa shape index (κ1) is 12.4. The highest BCUT2D eigenvalue weighted by atomic mass is 32.1. The highest BCUT2D eigenvalue weighted by Crippen LogP contribution is 2.14. The average molecular weight is 288 g/mol. The molecule has 8 heteroatoms. The first-order valence-electron chi connectivity index (χ1n) is 5.70. The number of anilines is 1. The molecule has 3 N–H and O–H groups in total. The van der Waals surface area contributed by atoms with Crippen LogP contribution in [0.25, 0.3) is 11.2 Å². The number of fused-ring (bicyclic) bond motifs is 1. The lowest BCUT2D eigenvalue weighted by Gasteiger charge is -2.00. The molecule has 0 aliphatic rings. The van der Waals surface area contributed by atoms with Crippen LogP contribution in [0, 0.1) is 10.6 Å². The van der Waals surface area contributed by atoms with Crippen LogP contribution in [0.15, 0.2) is 35.7 Å². The van der Waals surface area contributed by atoms with Gasteiger partial charge in [-0.1, -0.05) is 12.1 Å². The van der Waals surface area contributed by atoms with Crippen molar-refractivity contribution in [2.24, 2.45) is 5.10 Å². The van der Waals surface area contributed by atoms with Gasteiger partial charge in [-0.05, 0) is 29.9 Å². The van der Waals surface area contributed by atoms with Crippen LogP contribution in [-0.2, 0) is 0 Å². The molecule has 0 aliphatic carbocycles. The van der Waals surface area contributed by atoms with Gasteiger partial charge >= 0.3 is 0 Å². The van der Waals surface area contributed by atoms with Crippen LogP contribution in [-0.4, -0.2) is 26.2 Å². The van der Waals surface area contributed by atoms with Crippen molar-refractivity contribution < 1.29 is 4.39 Å². The van der Waals surface area contributed by atoms with Gasteiger partial charge in [0, 0.05) is 0 Å². The Kier molecular flexibility index (Phi) is 3.21. The second-order valence-corrected chi connectivity index (χ2v) is 4.32. The van der Waals surface area contributed by atoms with Crippen LogP contribution in [0.4, 0.5) is 10.2 Å². The van der Waals surface area contributed by atoms with Crippen LogP contribution in [0.3, 0.4) is 0 Å². The van der Waals surface area contributed by atoms with Crippen molar-refractivity contribution in [1.29, 1.82) is 0 Å². The second-order valence-electron chi connectivity index (χ2n) is 3.94. The number of hydrogen-bond acceptors (Lipinski definition) is 5. The summed E-state index contributed by atoms with van der Waals surface area (Å²) in [6, 6.07) is 5.97. The van der Waals surface area contributed by atoms with Crippen LogP contribution in [0.1, 0.15) is 5.56 Å². The molecule has 0 saturated heterocycles. The summed E-state index contributed by atoms with van der Waals surface area (Å²) in [6.07, 6.45) is 3.09. The number of hydrogen-bond donors (Lipinski definition) is 3. The number of rotatable bonds is 3. The standard InChI is InChI=1S/C12H9FN6S/c13-8-3-1-7(2-4-8)5-16-19-11-9-10(15-6-14-9)17-12(20)18-11/h1-6H,(H3,14,15,17,18,19,20). The zero-order valence-electron chi connectivity index (χ0n) is 10.1. The summed E-state index contributed by atoms with van der Waals surface area (Å²) in [4.78, 5) is 14.0. The molecular formula is C12H9FN6S. The van der Waals surface area contributed by atoms with Gasteiger partial charge in [0.15, 0.2) is 5.82 Å². The summed E-state index contributed by atoms with van der Waals surface area (Å²) in [5, 5.41) is 4.04. The van der Waals surface area contributed by atoms with Gasteiger partial charge in [0.1, 0.15) is 17.0 Å². The Bertz CT molecular complexity index is 820. The molecule has 0 saturated carbocycles. The minimum atomic E-state index is -0.288. The molecule has 6 nitrogen and oxygen atoms in total. The quantitative estimate of drug-likeness (QED) is 0.393. The fourth-order valence-corrected chi connectivity index (χ4v) is 1.85. The SMILES string of the molecule is Fc1ccc(C=NNc2nc(=S)[nH]c3[nH]cnc23)cc1. The molecule has 0 bridgehead atoms. The van der Waals surface area contributed by atoms with Gasteiger partial charge in [-0.2, -0.15) is 10.1 Å². The summed E-state index contributed by atoms with van der Waals surface area (Å²) in [5.41, 5.74) is 4.81. The van der Waals surface area contributed by atoms with Crippen molar-refractivity contribution in [1.82, 2.24) is 19.9 Å². The monoisotopic (exact) mass is 288 g/mol. The molecule has 0 unspecified atom stereocenters. The molecule has 20 heavy (non-hydrogen) atoms. The number of halogens is 1. The number of nitrogens with one attached hydrogen (secondary N) is 3. The summed E-state index contributed by atoms with van der Waals surface area (Å²) < 4.78 is 13.1. The molecule has 2 heterocycles. The predicted octanol–water partition coefficient (Wildman–Crippen LogP) is 2.60. The van der Waals surface area contributed by atoms with Crippen molar-refractivity contribution in [3.63, 3.8) is 0 Å². The van der Waals surface area contributed by atoms with Crippen LogP contribution in [0.5, 0.6) is 0 Å². The van der Waals surface area contributed by atoms with E-state index in [1.807, 2.05) is 0 Å². The van der Waals surface area contributed by atoms with Crippen LogP contribution in [0.2, 0.25) is 0 Å². The second kappa shape index (κ2) is 5.17. The smallest absolute Gasteiger partial charge is 0.200 e. The number of nitrogens with zero attached hydrogens (tertiary/aromatic N) is 3. The minimum Gasteiger partial charge on any atom is -0.331 e. The largest absolute Gasteiger partial charge is 0.331 e. The first-order valence-corrected chi connectivity index (χ1v) is 6.11. The minimum absolute atomic E-state index is 0.288. The van der Waals surface area contributed by atoms with Crippen LogP contribution >= 0.6 is 12.2 Å². The maximum atomic E-state index is 12.8. The Morgan fingerprint density at radius 1 is 1.30 bits per heavy atom. The van der Waals surface area contributed by atoms with Crippen molar-refractivity contribution in [3.8, 4) is 0 Å². The summed E-state index contributed by atoms with van der Waals surface area (Å²) in [6.45, 7) is 0. The van der Waals surface area contributed by atoms with Gasteiger partial charge in [-0.15, -0.1) is 0 Å². The predicted molar refractivity (Wildman–Crippen MR) is 76.7 cm³/mol. The Labute approximate surface area is 117 Å². The zero-order chi connectivity index (χ0) is 13.9. The fourth-order valence-electron chi connectivity index (χ4n) is 1.65. The zero-order valence-corrected chi connectivity index (χ0v) is 10.9. The molecule has 0 aliphatic heterocycles. The van der Waals surface area contributed by atoms with E-state index < -0.39 is 0 Å². The normalized spacial score (nSPS) is 11.2. The number of aromatic nitrogens is 4. The highest BCUT2D eigenvalue weighted by molar-refractivity contribution is 7.71. The Hall–Kier alpha value is -2.61. The van der Waals surface area contributed by atoms with Gasteiger partial charge in [0.05, 0.1) is 12.5 Å². The van der Waals surface area contributed by atoms with Crippen LogP contribution < -0.4 is 5.43 Å². The van der Waals surface area contributed by atoms with Gasteiger partial charge in [0.2, 0.25) is 4.77 Å². The van der Waals surface area contributed by atoms with Gasteiger partial charge in [-0.25, -0.2) is 9.37 Å². The van der Waals surface area contributed by atoms with Gasteiger partial charge < -0.3 is 9.97 Å². The first-order chi connectivity index (χ1) is 9.72. The topological polar surface area (TPSA) is 81.8 Å². The van der Waals surface area contributed by atoms with E-state index in [-0.39, 0.29) is 5.82 Å². The third-order valence-corrected chi connectivity index (χ3v) is 2.76. The van der Waals surface area contributed by atoms with Crippen molar-refractivity contribution >= 4 is 35.4 Å². The lowest BCUT2D eigenvalue weighted by molar-refractivity contribution is 0.628. The summed E-state index contributed by atoms with van der Waals surface area (Å²) in [5.74, 6) is 0.160. The molecule has 0 fully saturated rings. The van der Waals surface area contributed by atoms with Gasteiger partial charge in [-0.3, -0.25) is 5.43 Å². The van der Waals surface area contributed by atoms with E-state index in [9.17, 15) is 4.39 Å². The lowest BCUT2D eigenvalue weighted by Crippen LogP contribution is -1.97. The van der Waals surface area contributed by atoms with E-state index in [0.717, 1.165) is 5.56 Å². The van der Waals surface area contributed by atoms with Crippen molar-refractivity contribution in [2.75, 3.05) is 5.43 Å². The molecule has 2 aromatic heterocycles. The molecular weight excluding hydrogens is 279 g/mol. The van der Waals surface area contributed by atoms with Crippen molar-refractivity contribution in [3.05, 3.63) is 46.7 Å². The third-order valence-electron chi connectivity index (χ3n) is 2.56. The molecule has 0 amide bonds. The van der Waals surface area contributed by atoms with E-state index >= 15 is 0 Å². The maximum Gasteiger partial charge on any atom is 0.200 e. The summed E-state index contributed by atoms with van der Waals surface area (Å²) >= 11 is 5.00. The number of imidazole rings is 1. The molecule has 100 valence electrons. The molecule has 0 spiro atoms. The highest BCUT2D eigenvalue weighted by Gasteiger charge is 2.04. The van der Waals surface area contributed by atoms with E-state index in [4.69, 9.17) is 12.2 Å². The molecule has 3 rings (SSSR count). The Morgan fingerprint density at radius 3 is 2.90 bits per heavy atom.